The third kappa shape index (κ3) is 3.81. The van der Waals surface area contributed by atoms with Crippen LogP contribution in [-0.4, -0.2) is 54.4 Å². The molecule has 1 aliphatic rings. The fourth-order valence-corrected chi connectivity index (χ4v) is 3.03. The van der Waals surface area contributed by atoms with E-state index >= 15 is 0 Å². The fourth-order valence-electron chi connectivity index (χ4n) is 3.03. The Bertz CT molecular complexity index is 740. The van der Waals surface area contributed by atoms with Crippen LogP contribution in [0.2, 0.25) is 0 Å². The van der Waals surface area contributed by atoms with E-state index in [2.05, 4.69) is 28.9 Å². The van der Waals surface area contributed by atoms with E-state index in [0.717, 1.165) is 31.9 Å². The summed E-state index contributed by atoms with van der Waals surface area (Å²) in [6.45, 7) is 5.58. The summed E-state index contributed by atoms with van der Waals surface area (Å²) in [5.41, 5.74) is 2.58. The number of rotatable bonds is 5. The Morgan fingerprint density at radius 2 is 1.88 bits per heavy atom. The minimum atomic E-state index is -1.05. The lowest BCUT2D eigenvalue weighted by molar-refractivity contribution is 0.0198. The summed E-state index contributed by atoms with van der Waals surface area (Å²) in [6.07, 6.45) is 0. The van der Waals surface area contributed by atoms with Gasteiger partial charge in [0.15, 0.2) is 0 Å². The van der Waals surface area contributed by atoms with Crippen molar-refractivity contribution in [3.63, 3.8) is 0 Å². The van der Waals surface area contributed by atoms with Gasteiger partial charge in [-0.15, -0.1) is 0 Å². The molecule has 132 valence electrons. The fraction of sp³-hybridized carbons (Fsp3) is 0.368. The number of morpholine rings is 1. The van der Waals surface area contributed by atoms with Crippen LogP contribution in [0.4, 0.5) is 0 Å². The average molecular weight is 342 g/mol. The molecule has 1 atom stereocenters. The molecule has 3 rings (SSSR count). The summed E-state index contributed by atoms with van der Waals surface area (Å²) in [7, 11) is 1.55. The normalized spacial score (nSPS) is 16.4. The lowest BCUT2D eigenvalue weighted by atomic mass is 10.0. The topological polar surface area (TPSA) is 71.9 Å². The van der Waals surface area contributed by atoms with Gasteiger partial charge in [-0.05, 0) is 24.6 Å². The number of carboxylic acids is 1. The second-order valence-electron chi connectivity index (χ2n) is 6.00. The van der Waals surface area contributed by atoms with E-state index in [4.69, 9.17) is 14.6 Å². The van der Waals surface area contributed by atoms with Gasteiger partial charge in [-0.2, -0.15) is 0 Å². The highest BCUT2D eigenvalue weighted by Crippen LogP contribution is 2.30. The highest BCUT2D eigenvalue weighted by atomic mass is 16.5. The van der Waals surface area contributed by atoms with Crippen molar-refractivity contribution in [2.45, 2.75) is 13.0 Å². The van der Waals surface area contributed by atoms with Crippen molar-refractivity contribution < 1.29 is 19.4 Å². The molecule has 2 aromatic rings. The van der Waals surface area contributed by atoms with E-state index in [-0.39, 0.29) is 5.69 Å². The number of hydrogen-bond donors (Lipinski definition) is 1. The molecule has 0 unspecified atom stereocenters. The minimum absolute atomic E-state index is 0.00145. The van der Waals surface area contributed by atoms with Crippen molar-refractivity contribution in [1.29, 1.82) is 0 Å². The van der Waals surface area contributed by atoms with Crippen LogP contribution in [0.1, 0.15) is 29.0 Å². The van der Waals surface area contributed by atoms with Crippen molar-refractivity contribution in [3.8, 4) is 17.0 Å². The number of benzene rings is 1. The van der Waals surface area contributed by atoms with Gasteiger partial charge in [0.05, 0.1) is 20.3 Å². The second kappa shape index (κ2) is 7.63. The maximum absolute atomic E-state index is 11.2. The third-order valence-electron chi connectivity index (χ3n) is 4.56. The van der Waals surface area contributed by atoms with Crippen LogP contribution in [0.15, 0.2) is 36.4 Å². The van der Waals surface area contributed by atoms with Crippen molar-refractivity contribution in [1.82, 2.24) is 9.88 Å². The Balaban J connectivity index is 1.87. The van der Waals surface area contributed by atoms with Crippen molar-refractivity contribution in [2.75, 3.05) is 33.4 Å². The third-order valence-corrected chi connectivity index (χ3v) is 4.56. The molecule has 0 bridgehead atoms. The van der Waals surface area contributed by atoms with Crippen LogP contribution in [0.5, 0.6) is 5.75 Å². The minimum Gasteiger partial charge on any atom is -0.494 e. The Morgan fingerprint density at radius 3 is 2.48 bits per heavy atom. The molecule has 1 fully saturated rings. The molecule has 2 heterocycles. The summed E-state index contributed by atoms with van der Waals surface area (Å²) in [4.78, 5) is 17.8. The van der Waals surface area contributed by atoms with Gasteiger partial charge in [0.25, 0.3) is 0 Å². The molecule has 25 heavy (non-hydrogen) atoms. The summed E-state index contributed by atoms with van der Waals surface area (Å²) < 4.78 is 10.7. The summed E-state index contributed by atoms with van der Waals surface area (Å²) >= 11 is 0. The number of ether oxygens (including phenoxy) is 2. The summed E-state index contributed by atoms with van der Waals surface area (Å²) in [5.74, 6) is -0.500. The van der Waals surface area contributed by atoms with E-state index in [1.807, 2.05) is 12.1 Å². The number of hydrogen-bond acceptors (Lipinski definition) is 5. The van der Waals surface area contributed by atoms with Crippen LogP contribution in [0.25, 0.3) is 11.3 Å². The number of nitrogens with zero attached hydrogens (tertiary/aromatic N) is 2. The standard InChI is InChI=1S/C19H22N2O4/c1-13(21-9-11-25-12-10-21)14-3-5-15(6-4-14)18-17(24-2)8-7-16(20-18)19(22)23/h3-8,13H,9-12H2,1-2H3,(H,22,23)/t13-/m1/s1. The van der Waals surface area contributed by atoms with Gasteiger partial charge in [-0.1, -0.05) is 24.3 Å². The first kappa shape index (κ1) is 17.4. The zero-order valence-corrected chi connectivity index (χ0v) is 14.4. The maximum Gasteiger partial charge on any atom is 0.354 e. The molecular formula is C19H22N2O4. The molecule has 0 radical (unpaired) electrons. The van der Waals surface area contributed by atoms with E-state index in [1.165, 1.54) is 11.6 Å². The van der Waals surface area contributed by atoms with Gasteiger partial charge < -0.3 is 14.6 Å². The van der Waals surface area contributed by atoms with Crippen molar-refractivity contribution in [3.05, 3.63) is 47.7 Å². The summed E-state index contributed by atoms with van der Waals surface area (Å²) in [5, 5.41) is 9.16. The average Bonchev–Trinajstić information content (AvgIpc) is 2.67. The highest BCUT2D eigenvalue weighted by molar-refractivity contribution is 5.86. The zero-order valence-electron chi connectivity index (χ0n) is 14.4. The Kier molecular flexibility index (Phi) is 5.31. The molecule has 0 aliphatic carbocycles. The van der Waals surface area contributed by atoms with Crippen LogP contribution in [0, 0.1) is 0 Å². The van der Waals surface area contributed by atoms with E-state index in [0.29, 0.717) is 17.5 Å². The van der Waals surface area contributed by atoms with E-state index in [9.17, 15) is 4.79 Å². The highest BCUT2D eigenvalue weighted by Gasteiger charge is 2.19. The summed E-state index contributed by atoms with van der Waals surface area (Å²) in [6, 6.07) is 11.4. The second-order valence-corrected chi connectivity index (χ2v) is 6.00. The number of carboxylic acid groups (broad SMARTS) is 1. The number of aromatic nitrogens is 1. The molecule has 1 aliphatic heterocycles. The molecule has 6 heteroatoms. The molecule has 1 saturated heterocycles. The van der Waals surface area contributed by atoms with Gasteiger partial charge >= 0.3 is 5.97 Å². The first-order valence-corrected chi connectivity index (χ1v) is 8.30. The van der Waals surface area contributed by atoms with Gasteiger partial charge in [0, 0.05) is 24.7 Å². The monoisotopic (exact) mass is 342 g/mol. The predicted molar refractivity (Wildman–Crippen MR) is 94.0 cm³/mol. The van der Waals surface area contributed by atoms with E-state index in [1.54, 1.807) is 13.2 Å². The molecule has 6 nitrogen and oxygen atoms in total. The number of pyridine rings is 1. The van der Waals surface area contributed by atoms with Crippen LogP contribution in [0.3, 0.4) is 0 Å². The molecule has 0 amide bonds. The van der Waals surface area contributed by atoms with Gasteiger partial charge in [-0.3, -0.25) is 4.90 Å². The van der Waals surface area contributed by atoms with Crippen LogP contribution in [-0.2, 0) is 4.74 Å². The SMILES string of the molecule is COc1ccc(C(=O)O)nc1-c1ccc([C@@H](C)N2CCOCC2)cc1. The van der Waals surface area contributed by atoms with E-state index < -0.39 is 5.97 Å². The Hall–Kier alpha value is -2.44. The quantitative estimate of drug-likeness (QED) is 0.901. The molecule has 1 N–H and O–H groups in total. The molecular weight excluding hydrogens is 320 g/mol. The van der Waals surface area contributed by atoms with Gasteiger partial charge in [0.2, 0.25) is 0 Å². The van der Waals surface area contributed by atoms with Crippen LogP contribution < -0.4 is 4.74 Å². The predicted octanol–water partition coefficient (Wildman–Crippen LogP) is 2.85. The molecule has 1 aromatic heterocycles. The maximum atomic E-state index is 11.2. The first-order valence-electron chi connectivity index (χ1n) is 8.30. The molecule has 0 saturated carbocycles. The Morgan fingerprint density at radius 1 is 1.20 bits per heavy atom. The van der Waals surface area contributed by atoms with Crippen LogP contribution >= 0.6 is 0 Å². The molecule has 1 aromatic carbocycles. The zero-order chi connectivity index (χ0) is 17.8. The lowest BCUT2D eigenvalue weighted by Gasteiger charge is -2.32. The first-order chi connectivity index (χ1) is 12.1. The van der Waals surface area contributed by atoms with Gasteiger partial charge in [-0.25, -0.2) is 9.78 Å². The lowest BCUT2D eigenvalue weighted by Crippen LogP contribution is -2.37. The van der Waals surface area contributed by atoms with Crippen molar-refractivity contribution >= 4 is 5.97 Å². The number of methoxy groups -OCH3 is 1. The van der Waals surface area contributed by atoms with Gasteiger partial charge in [0.1, 0.15) is 17.1 Å². The number of aromatic carboxylic acids is 1. The number of carbonyl (C=O) groups is 1. The molecule has 0 spiro atoms. The Labute approximate surface area is 147 Å². The smallest absolute Gasteiger partial charge is 0.354 e. The van der Waals surface area contributed by atoms with Crippen molar-refractivity contribution in [2.24, 2.45) is 0 Å². The largest absolute Gasteiger partial charge is 0.494 e.